The summed E-state index contributed by atoms with van der Waals surface area (Å²) < 4.78 is 5.21. The van der Waals surface area contributed by atoms with Crippen LogP contribution in [0.1, 0.15) is 19.8 Å². The van der Waals surface area contributed by atoms with Crippen molar-refractivity contribution in [1.82, 2.24) is 4.90 Å². The molecule has 0 aromatic rings. The van der Waals surface area contributed by atoms with Crippen LogP contribution < -0.4 is 5.73 Å². The first kappa shape index (κ1) is 10.9. The predicted octanol–water partition coefficient (Wildman–Crippen LogP) is 0.772. The molecule has 0 amide bonds. The number of nitrogens with zero attached hydrogens (tertiary/aromatic N) is 1. The third-order valence-electron chi connectivity index (χ3n) is 2.59. The summed E-state index contributed by atoms with van der Waals surface area (Å²) in [6, 6.07) is 0.299. The van der Waals surface area contributed by atoms with E-state index < -0.39 is 0 Å². The van der Waals surface area contributed by atoms with E-state index in [-0.39, 0.29) is 6.10 Å². The van der Waals surface area contributed by atoms with Crippen LogP contribution in [0, 0.1) is 0 Å². The zero-order valence-electron chi connectivity index (χ0n) is 8.32. The van der Waals surface area contributed by atoms with Crippen LogP contribution in [0.15, 0.2) is 0 Å². The van der Waals surface area contributed by atoms with Gasteiger partial charge in [0.2, 0.25) is 0 Å². The van der Waals surface area contributed by atoms with E-state index in [1.807, 2.05) is 0 Å². The second-order valence-electron chi connectivity index (χ2n) is 3.60. The molecule has 0 saturated carbocycles. The van der Waals surface area contributed by atoms with Crippen molar-refractivity contribution in [2.75, 3.05) is 20.2 Å². The molecule has 2 N–H and O–H groups in total. The number of ether oxygens (including phenoxy) is 1. The summed E-state index contributed by atoms with van der Waals surface area (Å²) in [5.41, 5.74) is 5.65. The van der Waals surface area contributed by atoms with Gasteiger partial charge in [-0.1, -0.05) is 12.2 Å². The topological polar surface area (TPSA) is 38.5 Å². The van der Waals surface area contributed by atoms with E-state index in [0.29, 0.717) is 11.0 Å². The van der Waals surface area contributed by atoms with Gasteiger partial charge in [0.1, 0.15) is 0 Å². The number of methoxy groups -OCH3 is 1. The van der Waals surface area contributed by atoms with Crippen LogP contribution in [0.2, 0.25) is 0 Å². The summed E-state index contributed by atoms with van der Waals surface area (Å²) in [6.07, 6.45) is 2.56. The van der Waals surface area contributed by atoms with Crippen molar-refractivity contribution in [3.8, 4) is 0 Å². The molecule has 1 saturated heterocycles. The van der Waals surface area contributed by atoms with Crippen LogP contribution in [0.25, 0.3) is 0 Å². The minimum absolute atomic E-state index is 0.259. The summed E-state index contributed by atoms with van der Waals surface area (Å²) in [4.78, 5) is 2.94. The Morgan fingerprint density at radius 2 is 2.46 bits per heavy atom. The Labute approximate surface area is 85.2 Å². The fourth-order valence-electron chi connectivity index (χ4n) is 1.77. The Balaban J connectivity index is 2.44. The Hall–Kier alpha value is -0.190. The largest absolute Gasteiger partial charge is 0.392 e. The minimum Gasteiger partial charge on any atom is -0.392 e. The van der Waals surface area contributed by atoms with Crippen molar-refractivity contribution in [2.24, 2.45) is 5.73 Å². The lowest BCUT2D eigenvalue weighted by Crippen LogP contribution is -2.42. The first-order valence-electron chi connectivity index (χ1n) is 4.71. The molecular weight excluding hydrogens is 184 g/mol. The Kier molecular flexibility index (Phi) is 4.09. The predicted molar refractivity (Wildman–Crippen MR) is 57.9 cm³/mol. The first-order chi connectivity index (χ1) is 6.15. The van der Waals surface area contributed by atoms with Crippen LogP contribution in [0.3, 0.4) is 0 Å². The normalized spacial score (nSPS) is 26.2. The minimum atomic E-state index is 0.259. The Bertz CT molecular complexity index is 186. The number of hydrogen-bond donors (Lipinski definition) is 1. The highest BCUT2D eigenvalue weighted by Crippen LogP contribution is 2.17. The SMILES string of the molecule is COC(C)CN1CCCC1C(N)=S. The quantitative estimate of drug-likeness (QED) is 0.684. The molecule has 3 nitrogen and oxygen atoms in total. The van der Waals surface area contributed by atoms with Crippen molar-refractivity contribution >= 4 is 17.2 Å². The lowest BCUT2D eigenvalue weighted by molar-refractivity contribution is 0.0802. The standard InChI is InChI=1S/C9H18N2OS/c1-7(12-2)6-11-5-3-4-8(11)9(10)13/h7-8H,3-6H2,1-2H3,(H2,10,13). The Morgan fingerprint density at radius 3 is 3.00 bits per heavy atom. The highest BCUT2D eigenvalue weighted by atomic mass is 32.1. The number of nitrogens with two attached hydrogens (primary N) is 1. The zero-order chi connectivity index (χ0) is 9.84. The summed E-state index contributed by atoms with van der Waals surface area (Å²) >= 11 is 5.02. The molecule has 1 fully saturated rings. The maximum atomic E-state index is 5.65. The van der Waals surface area contributed by atoms with Crippen LogP contribution in [-0.2, 0) is 4.74 Å². The third kappa shape index (κ3) is 2.90. The molecule has 0 aliphatic carbocycles. The maximum Gasteiger partial charge on any atom is 0.0902 e. The maximum absolute atomic E-state index is 5.65. The van der Waals surface area contributed by atoms with Crippen molar-refractivity contribution in [3.63, 3.8) is 0 Å². The summed E-state index contributed by atoms with van der Waals surface area (Å²) in [6.45, 7) is 4.09. The summed E-state index contributed by atoms with van der Waals surface area (Å²) in [5, 5.41) is 0. The van der Waals surface area contributed by atoms with Gasteiger partial charge in [-0.3, -0.25) is 4.90 Å². The molecule has 2 unspecified atom stereocenters. The van der Waals surface area contributed by atoms with Crippen LogP contribution in [-0.4, -0.2) is 42.2 Å². The second kappa shape index (κ2) is 4.88. The van der Waals surface area contributed by atoms with Gasteiger partial charge >= 0.3 is 0 Å². The summed E-state index contributed by atoms with van der Waals surface area (Å²) in [5.74, 6) is 0. The molecule has 0 aromatic heterocycles. The molecule has 0 bridgehead atoms. The number of likely N-dealkylation sites (tertiary alicyclic amines) is 1. The lowest BCUT2D eigenvalue weighted by atomic mass is 10.2. The van der Waals surface area contributed by atoms with Gasteiger partial charge in [0.05, 0.1) is 17.1 Å². The van der Waals surface area contributed by atoms with Crippen molar-refractivity contribution in [1.29, 1.82) is 0 Å². The van der Waals surface area contributed by atoms with Gasteiger partial charge in [-0.05, 0) is 26.3 Å². The van der Waals surface area contributed by atoms with E-state index in [9.17, 15) is 0 Å². The lowest BCUT2D eigenvalue weighted by Gasteiger charge is -2.25. The smallest absolute Gasteiger partial charge is 0.0902 e. The second-order valence-corrected chi connectivity index (χ2v) is 4.07. The Morgan fingerprint density at radius 1 is 1.77 bits per heavy atom. The molecular formula is C9H18N2OS. The molecule has 1 rings (SSSR count). The van der Waals surface area contributed by atoms with Crippen molar-refractivity contribution in [3.05, 3.63) is 0 Å². The number of rotatable bonds is 4. The summed E-state index contributed by atoms with van der Waals surface area (Å²) in [7, 11) is 1.73. The molecule has 1 aliphatic rings. The van der Waals surface area contributed by atoms with Gasteiger partial charge in [-0.15, -0.1) is 0 Å². The van der Waals surface area contributed by atoms with E-state index in [2.05, 4.69) is 11.8 Å². The zero-order valence-corrected chi connectivity index (χ0v) is 9.14. The van der Waals surface area contributed by atoms with Gasteiger partial charge in [-0.25, -0.2) is 0 Å². The molecule has 2 atom stereocenters. The van der Waals surface area contributed by atoms with Crippen LogP contribution in [0.4, 0.5) is 0 Å². The fraction of sp³-hybridized carbons (Fsp3) is 0.889. The fourth-order valence-corrected chi connectivity index (χ4v) is 2.04. The van der Waals surface area contributed by atoms with E-state index in [0.717, 1.165) is 19.5 Å². The number of thiocarbonyl (C=S) groups is 1. The van der Waals surface area contributed by atoms with E-state index in [4.69, 9.17) is 22.7 Å². The van der Waals surface area contributed by atoms with E-state index in [1.165, 1.54) is 6.42 Å². The highest BCUT2D eigenvalue weighted by molar-refractivity contribution is 7.80. The highest BCUT2D eigenvalue weighted by Gasteiger charge is 2.27. The van der Waals surface area contributed by atoms with Gasteiger partial charge in [0.15, 0.2) is 0 Å². The van der Waals surface area contributed by atoms with Crippen LogP contribution >= 0.6 is 12.2 Å². The molecule has 0 spiro atoms. The molecule has 76 valence electrons. The van der Waals surface area contributed by atoms with Crippen molar-refractivity contribution in [2.45, 2.75) is 31.9 Å². The van der Waals surface area contributed by atoms with Gasteiger partial charge in [0.25, 0.3) is 0 Å². The molecule has 0 aromatic carbocycles. The van der Waals surface area contributed by atoms with E-state index >= 15 is 0 Å². The van der Waals surface area contributed by atoms with Gasteiger partial charge in [-0.2, -0.15) is 0 Å². The van der Waals surface area contributed by atoms with Gasteiger partial charge in [0, 0.05) is 13.7 Å². The molecule has 1 heterocycles. The third-order valence-corrected chi connectivity index (χ3v) is 2.86. The first-order valence-corrected chi connectivity index (χ1v) is 5.12. The molecule has 0 radical (unpaired) electrons. The molecule has 4 heteroatoms. The molecule has 1 aliphatic heterocycles. The average molecular weight is 202 g/mol. The molecule has 13 heavy (non-hydrogen) atoms. The monoisotopic (exact) mass is 202 g/mol. The van der Waals surface area contributed by atoms with Gasteiger partial charge < -0.3 is 10.5 Å². The van der Waals surface area contributed by atoms with E-state index in [1.54, 1.807) is 7.11 Å². The van der Waals surface area contributed by atoms with Crippen molar-refractivity contribution < 1.29 is 4.74 Å². The number of hydrogen-bond acceptors (Lipinski definition) is 3. The average Bonchev–Trinajstić information content (AvgIpc) is 2.52. The van der Waals surface area contributed by atoms with Crippen LogP contribution in [0.5, 0.6) is 0 Å².